The summed E-state index contributed by atoms with van der Waals surface area (Å²) in [4.78, 5) is 23.0. The van der Waals surface area contributed by atoms with Gasteiger partial charge in [0.25, 0.3) is 0 Å². The van der Waals surface area contributed by atoms with E-state index < -0.39 is 60.4 Å². The average molecular weight is 389 g/mol. The summed E-state index contributed by atoms with van der Waals surface area (Å²) in [7, 11) is 0. The lowest BCUT2D eigenvalue weighted by atomic mass is 9.93. The van der Waals surface area contributed by atoms with Gasteiger partial charge < -0.3 is 41.0 Å². The summed E-state index contributed by atoms with van der Waals surface area (Å²) < 4.78 is 10.2. The molecular weight excluding hydrogens is 362 g/mol. The average Bonchev–Trinajstić information content (AvgIpc) is 2.52. The third-order valence-corrected chi connectivity index (χ3v) is 3.51. The molecule has 8 N–H and O–H groups in total. The van der Waals surface area contributed by atoms with E-state index in [4.69, 9.17) is 20.3 Å². The fraction of sp³-hybridized carbons (Fsp3) is 0.625. The molecule has 27 heavy (non-hydrogen) atoms. The Morgan fingerprint density at radius 1 is 1.41 bits per heavy atom. The Bertz CT molecular complexity index is 601. The smallest absolute Gasteiger partial charge is 0.413 e. The van der Waals surface area contributed by atoms with E-state index in [0.717, 1.165) is 6.08 Å². The van der Waals surface area contributed by atoms with Crippen molar-refractivity contribution in [1.82, 2.24) is 10.6 Å². The van der Waals surface area contributed by atoms with Crippen LogP contribution in [0.3, 0.4) is 0 Å². The number of aliphatic carboxylic acids is 1. The SMILES string of the molecule is C=C(NC(=O)OC(C)(C)C)N[C@H]1C=C(C(=O)O)O[C@@H]([C@H](O)[C@H](O)CO)[C@@H]1N. The van der Waals surface area contributed by atoms with Crippen molar-refractivity contribution in [1.29, 1.82) is 0 Å². The van der Waals surface area contributed by atoms with Crippen molar-refractivity contribution in [3.05, 3.63) is 24.2 Å². The third-order valence-electron chi connectivity index (χ3n) is 3.51. The largest absolute Gasteiger partial charge is 0.479 e. The summed E-state index contributed by atoms with van der Waals surface area (Å²) in [6, 6.07) is -1.96. The molecule has 0 bridgehead atoms. The number of aliphatic hydroxyl groups is 3. The van der Waals surface area contributed by atoms with Crippen LogP contribution >= 0.6 is 0 Å². The monoisotopic (exact) mass is 389 g/mol. The van der Waals surface area contributed by atoms with Gasteiger partial charge in [0, 0.05) is 0 Å². The Morgan fingerprint density at radius 2 is 2.00 bits per heavy atom. The first kappa shape index (κ1) is 22.7. The van der Waals surface area contributed by atoms with Crippen LogP contribution in [0.5, 0.6) is 0 Å². The molecule has 0 saturated heterocycles. The predicted molar refractivity (Wildman–Crippen MR) is 93.1 cm³/mol. The molecule has 11 nitrogen and oxygen atoms in total. The van der Waals surface area contributed by atoms with Crippen LogP contribution in [0.1, 0.15) is 20.8 Å². The molecule has 1 rings (SSSR count). The normalized spacial score (nSPS) is 24.7. The third kappa shape index (κ3) is 6.71. The van der Waals surface area contributed by atoms with E-state index in [1.165, 1.54) is 0 Å². The summed E-state index contributed by atoms with van der Waals surface area (Å²) in [5, 5.41) is 42.9. The number of carboxylic acid groups (broad SMARTS) is 1. The molecule has 0 unspecified atom stereocenters. The van der Waals surface area contributed by atoms with Gasteiger partial charge in [-0.3, -0.25) is 5.32 Å². The second-order valence-corrected chi connectivity index (χ2v) is 7.01. The van der Waals surface area contributed by atoms with Crippen molar-refractivity contribution in [3.8, 4) is 0 Å². The topological polar surface area (TPSA) is 184 Å². The highest BCUT2D eigenvalue weighted by Crippen LogP contribution is 2.22. The highest BCUT2D eigenvalue weighted by Gasteiger charge is 2.41. The standard InChI is InChI=1S/C16H27N3O8/c1-7(19-15(25)27-16(2,3)4)18-8-5-10(14(23)24)26-13(11(8)17)12(22)9(21)6-20/h5,8-9,11-13,18,20-22H,1,6,17H2,2-4H3,(H,19,25)(H,23,24)/t8-,9+,11+,12+,13+/m0/s1. The van der Waals surface area contributed by atoms with E-state index in [1.807, 2.05) is 0 Å². The minimum atomic E-state index is -1.65. The molecule has 0 aliphatic carbocycles. The van der Waals surface area contributed by atoms with Gasteiger partial charge in [-0.2, -0.15) is 0 Å². The second-order valence-electron chi connectivity index (χ2n) is 7.01. The van der Waals surface area contributed by atoms with E-state index in [-0.39, 0.29) is 5.82 Å². The van der Waals surface area contributed by atoms with Crippen LogP contribution in [0.2, 0.25) is 0 Å². The summed E-state index contributed by atoms with van der Waals surface area (Å²) in [6.07, 6.45) is -4.21. The molecule has 154 valence electrons. The molecule has 1 aliphatic rings. The van der Waals surface area contributed by atoms with Gasteiger partial charge in [-0.1, -0.05) is 6.58 Å². The van der Waals surface area contributed by atoms with E-state index in [2.05, 4.69) is 17.2 Å². The number of hydrogen-bond donors (Lipinski definition) is 7. The molecule has 1 aliphatic heterocycles. The number of ether oxygens (including phenoxy) is 2. The Hall–Kier alpha value is -2.34. The molecule has 1 amide bonds. The first-order valence-electron chi connectivity index (χ1n) is 8.15. The quantitative estimate of drug-likeness (QED) is 0.266. The van der Waals surface area contributed by atoms with Gasteiger partial charge in [0.15, 0.2) is 0 Å². The predicted octanol–water partition coefficient (Wildman–Crippen LogP) is -1.65. The fourth-order valence-electron chi connectivity index (χ4n) is 2.29. The van der Waals surface area contributed by atoms with Crippen molar-refractivity contribution in [2.75, 3.05) is 6.61 Å². The van der Waals surface area contributed by atoms with Gasteiger partial charge in [-0.25, -0.2) is 9.59 Å². The molecule has 5 atom stereocenters. The Morgan fingerprint density at radius 3 is 2.48 bits per heavy atom. The summed E-state index contributed by atoms with van der Waals surface area (Å²) in [5.74, 6) is -1.97. The molecule has 0 aromatic carbocycles. The van der Waals surface area contributed by atoms with Gasteiger partial charge in [-0.05, 0) is 26.8 Å². The Labute approximate surface area is 156 Å². The van der Waals surface area contributed by atoms with Gasteiger partial charge in [0.2, 0.25) is 5.76 Å². The van der Waals surface area contributed by atoms with Gasteiger partial charge in [0.1, 0.15) is 29.7 Å². The number of amides is 1. The number of nitrogens with two attached hydrogens (primary N) is 1. The van der Waals surface area contributed by atoms with Crippen LogP contribution in [0, 0.1) is 0 Å². The van der Waals surface area contributed by atoms with Crippen LogP contribution in [0.15, 0.2) is 24.2 Å². The number of aliphatic hydroxyl groups excluding tert-OH is 3. The number of nitrogens with one attached hydrogen (secondary N) is 2. The maximum Gasteiger partial charge on any atom is 0.413 e. The lowest BCUT2D eigenvalue weighted by Gasteiger charge is -2.38. The summed E-state index contributed by atoms with van der Waals surface area (Å²) in [5.41, 5.74) is 5.27. The van der Waals surface area contributed by atoms with Crippen LogP contribution in [-0.4, -0.2) is 75.1 Å². The summed E-state index contributed by atoms with van der Waals surface area (Å²) in [6.45, 7) is 7.86. The number of alkyl carbamates (subject to hydrolysis) is 1. The zero-order chi connectivity index (χ0) is 20.9. The maximum absolute atomic E-state index is 11.8. The molecule has 11 heteroatoms. The van der Waals surface area contributed by atoms with Crippen molar-refractivity contribution < 1.29 is 39.5 Å². The zero-order valence-electron chi connectivity index (χ0n) is 15.4. The number of carbonyl (C=O) groups excluding carboxylic acids is 1. The highest BCUT2D eigenvalue weighted by atomic mass is 16.6. The number of carboxylic acids is 1. The van der Waals surface area contributed by atoms with Crippen molar-refractivity contribution in [3.63, 3.8) is 0 Å². The second kappa shape index (κ2) is 9.04. The fourth-order valence-corrected chi connectivity index (χ4v) is 2.29. The van der Waals surface area contributed by atoms with Crippen LogP contribution in [0.4, 0.5) is 4.79 Å². The number of carbonyl (C=O) groups is 2. The zero-order valence-corrected chi connectivity index (χ0v) is 15.4. The number of hydrogen-bond acceptors (Lipinski definition) is 9. The first-order valence-corrected chi connectivity index (χ1v) is 8.15. The van der Waals surface area contributed by atoms with E-state index >= 15 is 0 Å². The van der Waals surface area contributed by atoms with Crippen molar-refractivity contribution >= 4 is 12.1 Å². The molecule has 0 radical (unpaired) electrons. The summed E-state index contributed by atoms with van der Waals surface area (Å²) >= 11 is 0. The van der Waals surface area contributed by atoms with Crippen LogP contribution in [0.25, 0.3) is 0 Å². The molecule has 1 heterocycles. The minimum absolute atomic E-state index is 0.0245. The van der Waals surface area contributed by atoms with E-state index in [9.17, 15) is 24.9 Å². The Balaban J connectivity index is 2.90. The van der Waals surface area contributed by atoms with Gasteiger partial charge >= 0.3 is 12.1 Å². The number of rotatable bonds is 7. The maximum atomic E-state index is 11.8. The van der Waals surface area contributed by atoms with E-state index in [0.29, 0.717) is 0 Å². The highest BCUT2D eigenvalue weighted by molar-refractivity contribution is 5.84. The molecule has 0 fully saturated rings. The van der Waals surface area contributed by atoms with Crippen LogP contribution in [-0.2, 0) is 14.3 Å². The first-order chi connectivity index (χ1) is 12.4. The van der Waals surface area contributed by atoms with Gasteiger partial charge in [-0.15, -0.1) is 0 Å². The molecule has 0 aromatic heterocycles. The van der Waals surface area contributed by atoms with E-state index in [1.54, 1.807) is 20.8 Å². The lowest BCUT2D eigenvalue weighted by molar-refractivity contribution is -0.144. The molecule has 0 aromatic rings. The van der Waals surface area contributed by atoms with Crippen molar-refractivity contribution in [2.24, 2.45) is 5.73 Å². The Kier molecular flexibility index (Phi) is 7.60. The lowest BCUT2D eigenvalue weighted by Crippen LogP contribution is -2.61. The molecular formula is C16H27N3O8. The van der Waals surface area contributed by atoms with Crippen LogP contribution < -0.4 is 16.4 Å². The van der Waals surface area contributed by atoms with Crippen molar-refractivity contribution in [2.45, 2.75) is 56.8 Å². The van der Waals surface area contributed by atoms with Gasteiger partial charge in [0.05, 0.1) is 18.7 Å². The minimum Gasteiger partial charge on any atom is -0.479 e. The molecule has 0 saturated carbocycles. The molecule has 0 spiro atoms.